The number of nitrogens with zero attached hydrogens (tertiary/aromatic N) is 2. The largest absolute Gasteiger partial charge is 0.497 e. The Labute approximate surface area is 188 Å². The van der Waals surface area contributed by atoms with Gasteiger partial charge in [0, 0.05) is 12.1 Å². The molecule has 1 aromatic carbocycles. The molecule has 0 spiro atoms. The lowest BCUT2D eigenvalue weighted by atomic mass is 9.93. The van der Waals surface area contributed by atoms with Crippen LogP contribution in [0.2, 0.25) is 0 Å². The van der Waals surface area contributed by atoms with Crippen molar-refractivity contribution < 1.29 is 27.5 Å². The van der Waals surface area contributed by atoms with Gasteiger partial charge in [0.05, 0.1) is 18.6 Å². The number of imide groups is 1. The Hall–Kier alpha value is -2.62. The number of hydrogen-bond acceptors (Lipinski definition) is 6. The van der Waals surface area contributed by atoms with E-state index in [9.17, 15) is 22.8 Å². The number of carbonyl (C=O) groups excluding carboxylic acids is 3. The lowest BCUT2D eigenvalue weighted by Gasteiger charge is -2.29. The van der Waals surface area contributed by atoms with Gasteiger partial charge in [-0.2, -0.15) is 0 Å². The van der Waals surface area contributed by atoms with Crippen molar-refractivity contribution in [3.63, 3.8) is 0 Å². The number of methoxy groups -OCH3 is 1. The number of nitrogens with one attached hydrogen (secondary N) is 1. The average Bonchev–Trinajstić information content (AvgIpc) is 3.48. The molecule has 2 saturated heterocycles. The monoisotopic (exact) mass is 463 g/mol. The van der Waals surface area contributed by atoms with Gasteiger partial charge in [0.25, 0.3) is 5.91 Å². The van der Waals surface area contributed by atoms with E-state index in [-0.39, 0.29) is 36.0 Å². The van der Waals surface area contributed by atoms with Crippen molar-refractivity contribution in [2.75, 3.05) is 25.2 Å². The molecule has 1 aliphatic carbocycles. The first-order valence-electron chi connectivity index (χ1n) is 10.9. The number of hydrogen-bond donors (Lipinski definition) is 1. The second-order valence-electron chi connectivity index (χ2n) is 9.09. The average molecular weight is 464 g/mol. The molecule has 174 valence electrons. The van der Waals surface area contributed by atoms with Crippen molar-refractivity contribution in [1.82, 2.24) is 15.1 Å². The SMILES string of the molecule is COc1ccc(CC[C@]2(C)NC(=O)N(CC(=O)N(C3CC3)[C@H]3CCS(=O)(=O)C3)C2=O)cc1. The predicted octanol–water partition coefficient (Wildman–Crippen LogP) is 1.12. The zero-order valence-corrected chi connectivity index (χ0v) is 19.2. The van der Waals surface area contributed by atoms with E-state index in [4.69, 9.17) is 4.74 Å². The van der Waals surface area contributed by atoms with Crippen molar-refractivity contribution in [2.24, 2.45) is 0 Å². The molecule has 0 radical (unpaired) electrons. The fourth-order valence-electron chi connectivity index (χ4n) is 4.52. The van der Waals surface area contributed by atoms with Gasteiger partial charge in [-0.05, 0) is 56.7 Å². The molecule has 2 heterocycles. The molecule has 3 fully saturated rings. The lowest BCUT2D eigenvalue weighted by Crippen LogP contribution is -2.49. The highest BCUT2D eigenvalue weighted by molar-refractivity contribution is 7.91. The quantitative estimate of drug-likeness (QED) is 0.578. The van der Waals surface area contributed by atoms with Gasteiger partial charge in [-0.3, -0.25) is 14.5 Å². The molecule has 1 N–H and O–H groups in total. The Morgan fingerprint density at radius 1 is 1.19 bits per heavy atom. The van der Waals surface area contributed by atoms with E-state index in [2.05, 4.69) is 5.32 Å². The summed E-state index contributed by atoms with van der Waals surface area (Å²) in [5, 5.41) is 2.74. The fourth-order valence-corrected chi connectivity index (χ4v) is 6.23. The van der Waals surface area contributed by atoms with E-state index in [1.54, 1.807) is 18.9 Å². The molecule has 0 aromatic heterocycles. The Morgan fingerprint density at radius 3 is 2.44 bits per heavy atom. The van der Waals surface area contributed by atoms with Crippen LogP contribution in [0, 0.1) is 0 Å². The van der Waals surface area contributed by atoms with E-state index >= 15 is 0 Å². The third kappa shape index (κ3) is 4.60. The van der Waals surface area contributed by atoms with Crippen LogP contribution in [0.1, 0.15) is 38.2 Å². The number of rotatable bonds is 8. The number of carbonyl (C=O) groups is 3. The molecule has 32 heavy (non-hydrogen) atoms. The van der Waals surface area contributed by atoms with E-state index in [0.29, 0.717) is 19.3 Å². The molecule has 1 saturated carbocycles. The summed E-state index contributed by atoms with van der Waals surface area (Å²) in [6.45, 7) is 1.30. The van der Waals surface area contributed by atoms with Crippen molar-refractivity contribution in [3.8, 4) is 5.75 Å². The van der Waals surface area contributed by atoms with Crippen LogP contribution in [0.4, 0.5) is 4.79 Å². The smallest absolute Gasteiger partial charge is 0.325 e. The Kier molecular flexibility index (Phi) is 5.91. The highest BCUT2D eigenvalue weighted by atomic mass is 32.2. The summed E-state index contributed by atoms with van der Waals surface area (Å²) in [7, 11) is -1.56. The predicted molar refractivity (Wildman–Crippen MR) is 117 cm³/mol. The van der Waals surface area contributed by atoms with Gasteiger partial charge in [0.2, 0.25) is 5.91 Å². The Bertz CT molecular complexity index is 1020. The molecule has 4 rings (SSSR count). The van der Waals surface area contributed by atoms with Crippen LogP contribution in [0.5, 0.6) is 5.75 Å². The summed E-state index contributed by atoms with van der Waals surface area (Å²) >= 11 is 0. The first-order valence-corrected chi connectivity index (χ1v) is 12.7. The molecule has 0 unspecified atom stereocenters. The number of sulfone groups is 1. The number of aryl methyl sites for hydroxylation is 1. The van der Waals surface area contributed by atoms with E-state index in [0.717, 1.165) is 29.1 Å². The maximum Gasteiger partial charge on any atom is 0.325 e. The minimum Gasteiger partial charge on any atom is -0.497 e. The van der Waals surface area contributed by atoms with Crippen LogP contribution in [0.25, 0.3) is 0 Å². The van der Waals surface area contributed by atoms with Gasteiger partial charge >= 0.3 is 6.03 Å². The summed E-state index contributed by atoms with van der Waals surface area (Å²) in [6, 6.07) is 6.54. The minimum absolute atomic E-state index is 0.00280. The van der Waals surface area contributed by atoms with Crippen LogP contribution in [0.3, 0.4) is 0 Å². The number of amides is 4. The van der Waals surface area contributed by atoms with Crippen LogP contribution in [-0.4, -0.2) is 78.8 Å². The van der Waals surface area contributed by atoms with E-state index in [1.807, 2.05) is 24.3 Å². The van der Waals surface area contributed by atoms with E-state index < -0.39 is 27.3 Å². The molecule has 2 aliphatic heterocycles. The van der Waals surface area contributed by atoms with Crippen LogP contribution >= 0.6 is 0 Å². The van der Waals surface area contributed by atoms with Gasteiger partial charge in [-0.1, -0.05) is 12.1 Å². The maximum absolute atomic E-state index is 13.1. The van der Waals surface area contributed by atoms with Gasteiger partial charge < -0.3 is 15.0 Å². The topological polar surface area (TPSA) is 113 Å². The summed E-state index contributed by atoms with van der Waals surface area (Å²) in [5.74, 6) is -0.0304. The van der Waals surface area contributed by atoms with Gasteiger partial charge in [0.1, 0.15) is 17.8 Å². The third-order valence-electron chi connectivity index (χ3n) is 6.54. The van der Waals surface area contributed by atoms with Gasteiger partial charge in [0.15, 0.2) is 9.84 Å². The second kappa shape index (κ2) is 8.38. The third-order valence-corrected chi connectivity index (χ3v) is 8.29. The normalized spacial score (nSPS) is 26.8. The molecule has 2 atom stereocenters. The number of urea groups is 1. The highest BCUT2D eigenvalue weighted by Crippen LogP contribution is 2.33. The minimum atomic E-state index is -3.15. The van der Waals surface area contributed by atoms with E-state index in [1.165, 1.54) is 0 Å². The molecule has 0 bridgehead atoms. The summed E-state index contributed by atoms with van der Waals surface area (Å²) < 4.78 is 28.9. The standard InChI is InChI=1S/C22H29N3O6S/c1-22(11-9-15-3-7-18(31-2)8-4-15)20(27)24(21(28)23-22)13-19(26)25(16-5-6-16)17-10-12-32(29,30)14-17/h3-4,7-8,16-17H,5-6,9-14H2,1-2H3,(H,23,28)/t17-,22-/m0/s1. The molecule has 1 aromatic rings. The zero-order chi connectivity index (χ0) is 23.1. The first-order chi connectivity index (χ1) is 15.1. The van der Waals surface area contributed by atoms with Crippen molar-refractivity contribution in [2.45, 2.75) is 56.7 Å². The zero-order valence-electron chi connectivity index (χ0n) is 18.4. The fraction of sp³-hybridized carbons (Fsp3) is 0.591. The highest BCUT2D eigenvalue weighted by Gasteiger charge is 2.49. The van der Waals surface area contributed by atoms with Crippen molar-refractivity contribution in [3.05, 3.63) is 29.8 Å². The Balaban J connectivity index is 1.40. The summed E-state index contributed by atoms with van der Waals surface area (Å²) in [6.07, 6.45) is 3.01. The van der Waals surface area contributed by atoms with Crippen LogP contribution < -0.4 is 10.1 Å². The number of benzene rings is 1. The molecule has 4 amide bonds. The van der Waals surface area contributed by atoms with Gasteiger partial charge in [-0.15, -0.1) is 0 Å². The van der Waals surface area contributed by atoms with Gasteiger partial charge in [-0.25, -0.2) is 13.2 Å². The molecular weight excluding hydrogens is 434 g/mol. The van der Waals surface area contributed by atoms with Crippen LogP contribution in [0.15, 0.2) is 24.3 Å². The maximum atomic E-state index is 13.1. The number of ether oxygens (including phenoxy) is 1. The lowest BCUT2D eigenvalue weighted by molar-refractivity contribution is -0.140. The Morgan fingerprint density at radius 2 is 1.88 bits per heavy atom. The second-order valence-corrected chi connectivity index (χ2v) is 11.3. The molecule has 9 nitrogen and oxygen atoms in total. The molecule has 10 heteroatoms. The van der Waals surface area contributed by atoms with Crippen LogP contribution in [-0.2, 0) is 25.8 Å². The molecular formula is C22H29N3O6S. The van der Waals surface area contributed by atoms with Crippen molar-refractivity contribution in [1.29, 1.82) is 0 Å². The summed E-state index contributed by atoms with van der Waals surface area (Å²) in [4.78, 5) is 41.3. The summed E-state index contributed by atoms with van der Waals surface area (Å²) in [5.41, 5.74) is -0.0933. The molecule has 3 aliphatic rings. The van der Waals surface area contributed by atoms with Crippen molar-refractivity contribution >= 4 is 27.7 Å². The first kappa shape index (κ1) is 22.6.